The van der Waals surface area contributed by atoms with Gasteiger partial charge in [0.2, 0.25) is 10.0 Å². The van der Waals surface area contributed by atoms with E-state index in [1.807, 2.05) is 13.8 Å². The molecule has 31 heavy (non-hydrogen) atoms. The van der Waals surface area contributed by atoms with Gasteiger partial charge >= 0.3 is 0 Å². The van der Waals surface area contributed by atoms with E-state index in [0.717, 1.165) is 6.26 Å². The standard InChI is InChI=1S/C21H19ClFN5O2S/c1-11-25-26-20-21(2,3)24-15-10-14(22)17(18(23)19(15)28(11)20)13-6-5-7-16-12(13)8-9-27(16)31(4,29)30/h5-10,24H,1-4H3. The fourth-order valence-corrected chi connectivity index (χ4v) is 5.34. The number of hydrogen-bond acceptors (Lipinski definition) is 5. The first kappa shape index (κ1) is 20.0. The van der Waals surface area contributed by atoms with Gasteiger partial charge in [-0.1, -0.05) is 23.7 Å². The molecular formula is C21H19ClFN5O2S. The van der Waals surface area contributed by atoms with Crippen molar-refractivity contribution in [3.8, 4) is 16.8 Å². The van der Waals surface area contributed by atoms with Crippen molar-refractivity contribution in [1.82, 2.24) is 18.7 Å². The third-order valence-electron chi connectivity index (χ3n) is 5.57. The minimum absolute atomic E-state index is 0.192. The maximum atomic E-state index is 16.1. The molecule has 1 aliphatic heterocycles. The molecule has 2 aromatic carbocycles. The van der Waals surface area contributed by atoms with Gasteiger partial charge in [0, 0.05) is 17.1 Å². The summed E-state index contributed by atoms with van der Waals surface area (Å²) in [6.45, 7) is 5.64. The van der Waals surface area contributed by atoms with Gasteiger partial charge in [0.05, 0.1) is 28.0 Å². The number of nitrogens with zero attached hydrogens (tertiary/aromatic N) is 4. The largest absolute Gasteiger partial charge is 0.371 e. The quantitative estimate of drug-likeness (QED) is 0.478. The van der Waals surface area contributed by atoms with Gasteiger partial charge in [-0.05, 0) is 44.5 Å². The van der Waals surface area contributed by atoms with E-state index in [2.05, 4.69) is 15.5 Å². The van der Waals surface area contributed by atoms with Crippen LogP contribution in [0.5, 0.6) is 0 Å². The molecule has 0 atom stereocenters. The Kier molecular flexibility index (Phi) is 4.07. The molecule has 7 nitrogen and oxygen atoms in total. The lowest BCUT2D eigenvalue weighted by atomic mass is 9.95. The summed E-state index contributed by atoms with van der Waals surface area (Å²) in [5, 5.41) is 12.5. The highest BCUT2D eigenvalue weighted by Crippen LogP contribution is 2.45. The predicted molar refractivity (Wildman–Crippen MR) is 119 cm³/mol. The third kappa shape index (κ3) is 2.80. The van der Waals surface area contributed by atoms with Crippen molar-refractivity contribution >= 4 is 38.2 Å². The van der Waals surface area contributed by atoms with Crippen LogP contribution in [0.1, 0.15) is 25.5 Å². The molecule has 0 aliphatic carbocycles. The van der Waals surface area contributed by atoms with E-state index in [4.69, 9.17) is 11.6 Å². The van der Waals surface area contributed by atoms with Crippen LogP contribution in [0.25, 0.3) is 27.7 Å². The molecule has 10 heteroatoms. The molecule has 0 saturated carbocycles. The second-order valence-corrected chi connectivity index (χ2v) is 10.5. The van der Waals surface area contributed by atoms with Crippen molar-refractivity contribution in [2.24, 2.45) is 0 Å². The van der Waals surface area contributed by atoms with Crippen molar-refractivity contribution in [2.45, 2.75) is 26.3 Å². The summed E-state index contributed by atoms with van der Waals surface area (Å²) in [6.07, 6.45) is 2.58. The van der Waals surface area contributed by atoms with Gasteiger partial charge < -0.3 is 5.32 Å². The zero-order valence-corrected chi connectivity index (χ0v) is 18.8. The Morgan fingerprint density at radius 1 is 1.19 bits per heavy atom. The summed E-state index contributed by atoms with van der Waals surface area (Å²) >= 11 is 6.59. The number of aromatic nitrogens is 4. The Bertz CT molecular complexity index is 1500. The van der Waals surface area contributed by atoms with Gasteiger partial charge in [0.15, 0.2) is 11.6 Å². The summed E-state index contributed by atoms with van der Waals surface area (Å²) in [7, 11) is -3.51. The van der Waals surface area contributed by atoms with Crippen molar-refractivity contribution in [1.29, 1.82) is 0 Å². The molecule has 1 aliphatic rings. The Hall–Kier alpha value is -2.91. The van der Waals surface area contributed by atoms with E-state index in [1.54, 1.807) is 41.8 Å². The van der Waals surface area contributed by atoms with E-state index in [-0.39, 0.29) is 16.3 Å². The van der Waals surface area contributed by atoms with Crippen LogP contribution in [-0.2, 0) is 15.6 Å². The molecule has 0 bridgehead atoms. The van der Waals surface area contributed by atoms with Gasteiger partial charge in [-0.3, -0.25) is 4.57 Å². The number of anilines is 1. The molecule has 2 aromatic heterocycles. The molecule has 0 fully saturated rings. The Labute approximate surface area is 183 Å². The molecule has 0 saturated heterocycles. The second-order valence-electron chi connectivity index (χ2n) is 8.21. The Morgan fingerprint density at radius 3 is 2.65 bits per heavy atom. The highest BCUT2D eigenvalue weighted by atomic mass is 35.5. The number of fused-ring (bicyclic) bond motifs is 4. The molecule has 3 heterocycles. The first-order valence-electron chi connectivity index (χ1n) is 9.55. The number of hydrogen-bond donors (Lipinski definition) is 1. The van der Waals surface area contributed by atoms with E-state index in [9.17, 15) is 8.42 Å². The minimum atomic E-state index is -3.51. The van der Waals surface area contributed by atoms with E-state index < -0.39 is 21.4 Å². The monoisotopic (exact) mass is 459 g/mol. The summed E-state index contributed by atoms with van der Waals surface area (Å²) in [6, 6.07) is 8.43. The molecule has 0 spiro atoms. The van der Waals surface area contributed by atoms with Crippen molar-refractivity contribution < 1.29 is 12.8 Å². The van der Waals surface area contributed by atoms with Crippen LogP contribution >= 0.6 is 11.6 Å². The highest BCUT2D eigenvalue weighted by Gasteiger charge is 2.37. The number of aryl methyl sites for hydroxylation is 1. The molecule has 0 amide bonds. The first-order valence-corrected chi connectivity index (χ1v) is 11.8. The molecule has 0 radical (unpaired) electrons. The van der Waals surface area contributed by atoms with Crippen LogP contribution in [-0.4, -0.2) is 33.4 Å². The highest BCUT2D eigenvalue weighted by molar-refractivity contribution is 7.89. The van der Waals surface area contributed by atoms with Gasteiger partial charge in [-0.15, -0.1) is 10.2 Å². The number of halogens is 2. The van der Waals surface area contributed by atoms with Crippen molar-refractivity contribution in [3.05, 3.63) is 59.0 Å². The van der Waals surface area contributed by atoms with E-state index in [0.29, 0.717) is 33.8 Å². The summed E-state index contributed by atoms with van der Waals surface area (Å²) < 4.78 is 43.2. The maximum Gasteiger partial charge on any atom is 0.236 e. The number of benzene rings is 2. The van der Waals surface area contributed by atoms with E-state index in [1.165, 1.54) is 10.2 Å². The fourth-order valence-electron chi connectivity index (χ4n) is 4.25. The zero-order chi connectivity index (χ0) is 22.3. The zero-order valence-electron chi connectivity index (χ0n) is 17.2. The van der Waals surface area contributed by atoms with Gasteiger partial charge in [0.1, 0.15) is 11.5 Å². The molecule has 160 valence electrons. The fraction of sp³-hybridized carbons (Fsp3) is 0.238. The first-order chi connectivity index (χ1) is 14.5. The van der Waals surface area contributed by atoms with Crippen LogP contribution in [0.15, 0.2) is 36.5 Å². The average Bonchev–Trinajstić information content (AvgIpc) is 3.26. The third-order valence-corrected chi connectivity index (χ3v) is 6.90. The Balaban J connectivity index is 1.84. The van der Waals surface area contributed by atoms with Gasteiger partial charge in [-0.25, -0.2) is 16.8 Å². The van der Waals surface area contributed by atoms with Crippen molar-refractivity contribution in [2.75, 3.05) is 11.6 Å². The lowest BCUT2D eigenvalue weighted by Crippen LogP contribution is -2.36. The molecule has 5 rings (SSSR count). The number of rotatable bonds is 2. The second kappa shape index (κ2) is 6.30. The van der Waals surface area contributed by atoms with Gasteiger partial charge in [-0.2, -0.15) is 0 Å². The summed E-state index contributed by atoms with van der Waals surface area (Å²) in [4.78, 5) is 0. The number of nitrogens with one attached hydrogen (secondary N) is 1. The molecule has 1 N–H and O–H groups in total. The van der Waals surface area contributed by atoms with Gasteiger partial charge in [0.25, 0.3) is 0 Å². The Morgan fingerprint density at radius 2 is 1.94 bits per heavy atom. The predicted octanol–water partition coefficient (Wildman–Crippen LogP) is 4.46. The minimum Gasteiger partial charge on any atom is -0.371 e. The van der Waals surface area contributed by atoms with Crippen LogP contribution < -0.4 is 5.32 Å². The smallest absolute Gasteiger partial charge is 0.236 e. The molecular weight excluding hydrogens is 441 g/mol. The van der Waals surface area contributed by atoms with Crippen LogP contribution in [0.4, 0.5) is 10.1 Å². The average molecular weight is 460 g/mol. The van der Waals surface area contributed by atoms with E-state index >= 15 is 4.39 Å². The van der Waals surface area contributed by atoms with Crippen molar-refractivity contribution in [3.63, 3.8) is 0 Å². The lowest BCUT2D eigenvalue weighted by molar-refractivity contribution is 0.523. The van der Waals surface area contributed by atoms with Crippen LogP contribution in [0.3, 0.4) is 0 Å². The normalized spacial score (nSPS) is 14.9. The molecule has 4 aromatic rings. The SMILES string of the molecule is Cc1nnc2n1-c1c(cc(Cl)c(-c3cccc4c3ccn4S(C)(=O)=O)c1F)NC2(C)C. The lowest BCUT2D eigenvalue weighted by Gasteiger charge is -2.34. The van der Waals surface area contributed by atoms with Crippen LogP contribution in [0.2, 0.25) is 5.02 Å². The summed E-state index contributed by atoms with van der Waals surface area (Å²) in [5.74, 6) is 0.611. The summed E-state index contributed by atoms with van der Waals surface area (Å²) in [5.41, 5.74) is 1.40. The topological polar surface area (TPSA) is 81.8 Å². The van der Waals surface area contributed by atoms with Crippen LogP contribution in [0, 0.1) is 12.7 Å². The maximum absolute atomic E-state index is 16.1. The molecule has 0 unspecified atom stereocenters.